The Morgan fingerprint density at radius 1 is 1.47 bits per heavy atom. The van der Waals surface area contributed by atoms with Crippen LogP contribution in [0.25, 0.3) is 0 Å². The average Bonchev–Trinajstić information content (AvgIpc) is 2.53. The molecule has 88 valence electrons. The van der Waals surface area contributed by atoms with Gasteiger partial charge in [-0.3, -0.25) is 4.79 Å². The van der Waals surface area contributed by atoms with Crippen LogP contribution in [0.5, 0.6) is 0 Å². The largest absolute Gasteiger partial charge is 0.352 e. The van der Waals surface area contributed by atoms with Gasteiger partial charge in [-0.1, -0.05) is 20.8 Å². The molecule has 0 aromatic rings. The second-order valence-corrected chi connectivity index (χ2v) is 5.20. The van der Waals surface area contributed by atoms with Crippen molar-refractivity contribution in [3.8, 4) is 0 Å². The molecule has 0 radical (unpaired) electrons. The molecule has 15 heavy (non-hydrogen) atoms. The third kappa shape index (κ3) is 5.17. The lowest BCUT2D eigenvalue weighted by Gasteiger charge is -2.16. The van der Waals surface area contributed by atoms with E-state index in [4.69, 9.17) is 0 Å². The Bertz CT molecular complexity index is 198. The highest BCUT2D eigenvalue weighted by atomic mass is 16.1. The van der Waals surface area contributed by atoms with Crippen molar-refractivity contribution in [2.45, 2.75) is 46.1 Å². The molecule has 1 aliphatic heterocycles. The summed E-state index contributed by atoms with van der Waals surface area (Å²) in [6, 6.07) is 0.365. The number of carbonyl (C=O) groups is 1. The summed E-state index contributed by atoms with van der Waals surface area (Å²) >= 11 is 0. The Morgan fingerprint density at radius 2 is 2.20 bits per heavy atom. The Hall–Kier alpha value is -0.570. The summed E-state index contributed by atoms with van der Waals surface area (Å²) in [4.78, 5) is 11.7. The summed E-state index contributed by atoms with van der Waals surface area (Å²) < 4.78 is 0. The minimum absolute atomic E-state index is 0.219. The van der Waals surface area contributed by atoms with E-state index in [1.165, 1.54) is 0 Å². The Labute approximate surface area is 93.0 Å². The molecule has 3 heteroatoms. The van der Waals surface area contributed by atoms with Crippen LogP contribution in [0.3, 0.4) is 0 Å². The maximum absolute atomic E-state index is 11.7. The van der Waals surface area contributed by atoms with Gasteiger partial charge in [0.1, 0.15) is 0 Å². The molecule has 1 saturated heterocycles. The molecule has 3 nitrogen and oxygen atoms in total. The smallest absolute Gasteiger partial charge is 0.220 e. The van der Waals surface area contributed by atoms with Gasteiger partial charge < -0.3 is 10.6 Å². The Balaban J connectivity index is 2.16. The van der Waals surface area contributed by atoms with Gasteiger partial charge in [0.15, 0.2) is 0 Å². The molecule has 2 atom stereocenters. The first kappa shape index (κ1) is 12.5. The van der Waals surface area contributed by atoms with E-state index in [-0.39, 0.29) is 5.91 Å². The molecular weight excluding hydrogens is 188 g/mol. The molecule has 0 saturated carbocycles. The first-order valence-electron chi connectivity index (χ1n) is 6.08. The van der Waals surface area contributed by atoms with E-state index in [0.29, 0.717) is 24.3 Å². The van der Waals surface area contributed by atoms with Gasteiger partial charge in [-0.15, -0.1) is 0 Å². The monoisotopic (exact) mass is 212 g/mol. The second-order valence-electron chi connectivity index (χ2n) is 5.20. The fraction of sp³-hybridized carbons (Fsp3) is 0.917. The third-order valence-electron chi connectivity index (χ3n) is 2.83. The maximum atomic E-state index is 11.7. The van der Waals surface area contributed by atoms with Crippen LogP contribution in [0.1, 0.15) is 40.0 Å². The third-order valence-corrected chi connectivity index (χ3v) is 2.83. The van der Waals surface area contributed by atoms with Crippen molar-refractivity contribution in [1.29, 1.82) is 0 Å². The van der Waals surface area contributed by atoms with Gasteiger partial charge in [-0.05, 0) is 31.2 Å². The number of rotatable bonds is 5. The Kier molecular flexibility index (Phi) is 5.09. The molecular formula is C12H24N2O. The number of amides is 1. The fourth-order valence-corrected chi connectivity index (χ4v) is 2.27. The molecule has 1 fully saturated rings. The van der Waals surface area contributed by atoms with Crippen LogP contribution in [-0.4, -0.2) is 25.0 Å². The highest BCUT2D eigenvalue weighted by molar-refractivity contribution is 5.76. The fourth-order valence-electron chi connectivity index (χ4n) is 2.27. The van der Waals surface area contributed by atoms with Crippen LogP contribution < -0.4 is 10.6 Å². The van der Waals surface area contributed by atoms with Crippen LogP contribution >= 0.6 is 0 Å². The van der Waals surface area contributed by atoms with E-state index < -0.39 is 0 Å². The van der Waals surface area contributed by atoms with Crippen molar-refractivity contribution in [3.63, 3.8) is 0 Å². The van der Waals surface area contributed by atoms with Crippen LogP contribution in [0.2, 0.25) is 0 Å². The molecule has 0 aliphatic carbocycles. The molecule has 0 bridgehead atoms. The van der Waals surface area contributed by atoms with Gasteiger partial charge in [-0.2, -0.15) is 0 Å². The standard InChI is InChI=1S/C12H24N2O/c1-9(2)6-10(3)7-12(15)14-11-4-5-13-8-11/h9-11,13H,4-8H2,1-3H3,(H,14,15). The highest BCUT2D eigenvalue weighted by Gasteiger charge is 2.18. The quantitative estimate of drug-likeness (QED) is 0.726. The molecule has 0 aromatic heterocycles. The minimum atomic E-state index is 0.219. The van der Waals surface area contributed by atoms with Crippen LogP contribution in [0, 0.1) is 11.8 Å². The molecule has 1 aliphatic rings. The molecule has 0 spiro atoms. The van der Waals surface area contributed by atoms with Crippen molar-refractivity contribution in [1.82, 2.24) is 10.6 Å². The molecule has 1 amide bonds. The second kappa shape index (κ2) is 6.11. The van der Waals surface area contributed by atoms with Crippen LogP contribution in [0.4, 0.5) is 0 Å². The lowest BCUT2D eigenvalue weighted by molar-refractivity contribution is -0.122. The van der Waals surface area contributed by atoms with E-state index >= 15 is 0 Å². The zero-order valence-corrected chi connectivity index (χ0v) is 10.2. The van der Waals surface area contributed by atoms with Gasteiger partial charge >= 0.3 is 0 Å². The number of carbonyl (C=O) groups excluding carboxylic acids is 1. The predicted octanol–water partition coefficient (Wildman–Crippen LogP) is 1.54. The average molecular weight is 212 g/mol. The zero-order chi connectivity index (χ0) is 11.3. The summed E-state index contributed by atoms with van der Waals surface area (Å²) in [5.74, 6) is 1.40. The minimum Gasteiger partial charge on any atom is -0.352 e. The van der Waals surface area contributed by atoms with E-state index in [2.05, 4.69) is 31.4 Å². The highest BCUT2D eigenvalue weighted by Crippen LogP contribution is 2.14. The SMILES string of the molecule is CC(C)CC(C)CC(=O)NC1CCNC1. The molecule has 2 unspecified atom stereocenters. The van der Waals surface area contributed by atoms with Crippen molar-refractivity contribution in [2.75, 3.05) is 13.1 Å². The van der Waals surface area contributed by atoms with E-state index in [1.807, 2.05) is 0 Å². The number of nitrogens with one attached hydrogen (secondary N) is 2. The van der Waals surface area contributed by atoms with Crippen LogP contribution in [-0.2, 0) is 4.79 Å². The summed E-state index contributed by atoms with van der Waals surface area (Å²) in [7, 11) is 0. The molecule has 1 heterocycles. The lowest BCUT2D eigenvalue weighted by atomic mass is 9.95. The van der Waals surface area contributed by atoms with Gasteiger partial charge in [0.2, 0.25) is 5.91 Å². The maximum Gasteiger partial charge on any atom is 0.220 e. The van der Waals surface area contributed by atoms with Crippen molar-refractivity contribution in [3.05, 3.63) is 0 Å². The molecule has 0 aromatic carbocycles. The van der Waals surface area contributed by atoms with E-state index in [1.54, 1.807) is 0 Å². The van der Waals surface area contributed by atoms with Crippen LogP contribution in [0.15, 0.2) is 0 Å². The first-order chi connectivity index (χ1) is 7.08. The topological polar surface area (TPSA) is 41.1 Å². The van der Waals surface area contributed by atoms with Crippen molar-refractivity contribution < 1.29 is 4.79 Å². The first-order valence-corrected chi connectivity index (χ1v) is 6.08. The zero-order valence-electron chi connectivity index (χ0n) is 10.2. The van der Waals surface area contributed by atoms with E-state index in [9.17, 15) is 4.79 Å². The summed E-state index contributed by atoms with van der Waals surface area (Å²) in [5, 5.41) is 6.33. The van der Waals surface area contributed by atoms with Gasteiger partial charge in [0, 0.05) is 19.0 Å². The lowest BCUT2D eigenvalue weighted by Crippen LogP contribution is -2.36. The van der Waals surface area contributed by atoms with E-state index in [0.717, 1.165) is 25.9 Å². The number of hydrogen-bond acceptors (Lipinski definition) is 2. The normalized spacial score (nSPS) is 23.1. The summed E-state index contributed by atoms with van der Waals surface area (Å²) in [6.45, 7) is 8.54. The van der Waals surface area contributed by atoms with Crippen molar-refractivity contribution in [2.24, 2.45) is 11.8 Å². The Morgan fingerprint density at radius 3 is 2.73 bits per heavy atom. The van der Waals surface area contributed by atoms with Gasteiger partial charge in [0.25, 0.3) is 0 Å². The van der Waals surface area contributed by atoms with Gasteiger partial charge in [-0.25, -0.2) is 0 Å². The summed E-state index contributed by atoms with van der Waals surface area (Å²) in [5.41, 5.74) is 0. The number of hydrogen-bond donors (Lipinski definition) is 2. The predicted molar refractivity (Wildman–Crippen MR) is 62.7 cm³/mol. The molecule has 2 N–H and O–H groups in total. The summed E-state index contributed by atoms with van der Waals surface area (Å²) in [6.07, 6.45) is 2.88. The van der Waals surface area contributed by atoms with Crippen molar-refractivity contribution >= 4 is 5.91 Å². The van der Waals surface area contributed by atoms with Gasteiger partial charge in [0.05, 0.1) is 0 Å². The molecule has 1 rings (SSSR count).